The molecule has 1 atom stereocenters. The summed E-state index contributed by atoms with van der Waals surface area (Å²) in [5.41, 5.74) is 7.76. The molecule has 2 heterocycles. The number of nitrogen functional groups attached to an aromatic ring is 1. The second kappa shape index (κ2) is 5.73. The van der Waals surface area contributed by atoms with Gasteiger partial charge in [0, 0.05) is 35.9 Å². The van der Waals surface area contributed by atoms with E-state index in [0.29, 0.717) is 6.04 Å². The highest BCUT2D eigenvalue weighted by Crippen LogP contribution is 2.28. The van der Waals surface area contributed by atoms with Gasteiger partial charge in [-0.25, -0.2) is 9.13 Å². The molecule has 4 N–H and O–H groups in total. The summed E-state index contributed by atoms with van der Waals surface area (Å²) >= 11 is 6.29. The van der Waals surface area contributed by atoms with E-state index in [4.69, 9.17) is 17.3 Å². The van der Waals surface area contributed by atoms with Crippen LogP contribution in [0.4, 0.5) is 11.4 Å². The number of aromatic nitrogens is 2. The van der Waals surface area contributed by atoms with Crippen LogP contribution >= 0.6 is 11.6 Å². The Labute approximate surface area is 123 Å². The van der Waals surface area contributed by atoms with E-state index in [1.807, 2.05) is 29.9 Å². The van der Waals surface area contributed by atoms with E-state index < -0.39 is 0 Å². The molecule has 0 saturated carbocycles. The monoisotopic (exact) mass is 295 g/mol. The number of hydrogen-bond donors (Lipinski definition) is 1. The SMILES string of the molecule is C[n+]1ccn([C@H]2CCN(c3ccc(N)cc3)C2)c1Cl.O. The lowest BCUT2D eigenvalue weighted by Gasteiger charge is -2.17. The fraction of sp³-hybridized carbons (Fsp3) is 0.357. The number of rotatable bonds is 2. The molecule has 1 aliphatic heterocycles. The molecule has 0 bridgehead atoms. The number of halogens is 1. The van der Waals surface area contributed by atoms with Crippen molar-refractivity contribution in [2.75, 3.05) is 23.7 Å². The third-order valence-electron chi connectivity index (χ3n) is 3.77. The predicted octanol–water partition coefficient (Wildman–Crippen LogP) is 1.17. The van der Waals surface area contributed by atoms with Gasteiger partial charge in [-0.05, 0) is 24.3 Å². The Kier molecular flexibility index (Phi) is 4.20. The van der Waals surface area contributed by atoms with Gasteiger partial charge < -0.3 is 16.1 Å². The van der Waals surface area contributed by atoms with Gasteiger partial charge in [0.1, 0.15) is 18.4 Å². The van der Waals surface area contributed by atoms with Crippen molar-refractivity contribution in [3.05, 3.63) is 41.9 Å². The van der Waals surface area contributed by atoms with Gasteiger partial charge in [-0.1, -0.05) is 0 Å². The van der Waals surface area contributed by atoms with Crippen LogP contribution in [0, 0.1) is 0 Å². The number of aryl methyl sites for hydroxylation is 1. The van der Waals surface area contributed by atoms with Gasteiger partial charge in [-0.2, -0.15) is 0 Å². The Morgan fingerprint density at radius 1 is 1.30 bits per heavy atom. The minimum Gasteiger partial charge on any atom is -0.412 e. The average molecular weight is 296 g/mol. The van der Waals surface area contributed by atoms with Gasteiger partial charge in [0.15, 0.2) is 0 Å². The molecule has 0 spiro atoms. The highest BCUT2D eigenvalue weighted by Gasteiger charge is 2.30. The van der Waals surface area contributed by atoms with Gasteiger partial charge in [-0.15, -0.1) is 0 Å². The first kappa shape index (κ1) is 14.7. The number of nitrogens with two attached hydrogens (primary N) is 1. The topological polar surface area (TPSA) is 69.6 Å². The third kappa shape index (κ3) is 2.59. The Hall–Kier alpha value is -1.72. The molecule has 108 valence electrons. The lowest BCUT2D eigenvalue weighted by Crippen LogP contribution is -2.28. The van der Waals surface area contributed by atoms with Crippen LogP contribution in [0.25, 0.3) is 0 Å². The summed E-state index contributed by atoms with van der Waals surface area (Å²) in [6.45, 7) is 2.03. The lowest BCUT2D eigenvalue weighted by molar-refractivity contribution is -0.668. The van der Waals surface area contributed by atoms with E-state index in [0.717, 1.165) is 30.5 Å². The first-order valence-corrected chi connectivity index (χ1v) is 6.85. The maximum Gasteiger partial charge on any atom is 0.354 e. The summed E-state index contributed by atoms with van der Waals surface area (Å²) in [4.78, 5) is 2.38. The molecule has 1 aromatic heterocycles. The highest BCUT2D eigenvalue weighted by molar-refractivity contribution is 6.27. The van der Waals surface area contributed by atoms with Crippen molar-refractivity contribution < 1.29 is 10.0 Å². The van der Waals surface area contributed by atoms with Gasteiger partial charge in [0.05, 0.1) is 13.6 Å². The second-order valence-corrected chi connectivity index (χ2v) is 5.40. The van der Waals surface area contributed by atoms with E-state index in [1.165, 1.54) is 5.69 Å². The molecule has 1 fully saturated rings. The first-order valence-electron chi connectivity index (χ1n) is 6.47. The van der Waals surface area contributed by atoms with E-state index in [1.54, 1.807) is 0 Å². The minimum absolute atomic E-state index is 0. The van der Waals surface area contributed by atoms with Crippen LogP contribution in [0.5, 0.6) is 0 Å². The van der Waals surface area contributed by atoms with E-state index >= 15 is 0 Å². The summed E-state index contributed by atoms with van der Waals surface area (Å²) in [5, 5.41) is 0.782. The van der Waals surface area contributed by atoms with Crippen molar-refractivity contribution in [2.24, 2.45) is 7.05 Å². The molecule has 6 heteroatoms. The highest BCUT2D eigenvalue weighted by atomic mass is 35.5. The molecule has 3 rings (SSSR count). The van der Waals surface area contributed by atoms with Crippen molar-refractivity contribution in [1.82, 2.24) is 4.57 Å². The molecule has 20 heavy (non-hydrogen) atoms. The van der Waals surface area contributed by atoms with Crippen molar-refractivity contribution >= 4 is 23.0 Å². The Bertz CT molecular complexity index is 581. The number of imidazole rings is 1. The largest absolute Gasteiger partial charge is 0.412 e. The summed E-state index contributed by atoms with van der Waals surface area (Å²) in [7, 11) is 1.96. The molecular weight excluding hydrogens is 276 g/mol. The van der Waals surface area contributed by atoms with Crippen LogP contribution in [-0.4, -0.2) is 23.1 Å². The fourth-order valence-corrected chi connectivity index (χ4v) is 2.89. The Morgan fingerprint density at radius 3 is 2.60 bits per heavy atom. The molecule has 2 aromatic rings. The van der Waals surface area contributed by atoms with Crippen molar-refractivity contribution in [1.29, 1.82) is 0 Å². The lowest BCUT2D eigenvalue weighted by atomic mass is 10.2. The van der Waals surface area contributed by atoms with Gasteiger partial charge in [-0.3, -0.25) is 0 Å². The molecule has 0 amide bonds. The zero-order chi connectivity index (χ0) is 13.4. The molecule has 0 aliphatic carbocycles. The van der Waals surface area contributed by atoms with Crippen LogP contribution in [-0.2, 0) is 7.05 Å². The minimum atomic E-state index is 0. The number of hydrogen-bond acceptors (Lipinski definition) is 2. The maximum absolute atomic E-state index is 6.29. The van der Waals surface area contributed by atoms with Gasteiger partial charge in [0.2, 0.25) is 0 Å². The van der Waals surface area contributed by atoms with E-state index in [2.05, 4.69) is 27.8 Å². The summed E-state index contributed by atoms with van der Waals surface area (Å²) in [5.74, 6) is 0. The second-order valence-electron chi connectivity index (χ2n) is 5.07. The standard InChI is InChI=1S/C14H18ClN4.H2O/c1-17-8-9-19(14(17)15)13-6-7-18(10-13)12-4-2-11(16)3-5-12;/h2-5,8-9,13H,6-7,10,16H2,1H3;1H2/q+1;/t13-;/m0./s1. The van der Waals surface area contributed by atoms with Crippen LogP contribution in [0.1, 0.15) is 12.5 Å². The van der Waals surface area contributed by atoms with Crippen molar-refractivity contribution in [3.8, 4) is 0 Å². The Morgan fingerprint density at radius 2 is 2.00 bits per heavy atom. The number of anilines is 2. The summed E-state index contributed by atoms with van der Waals surface area (Å²) in [6.07, 6.45) is 5.16. The molecular formula is C14H20ClN4O+. The van der Waals surface area contributed by atoms with Gasteiger partial charge >= 0.3 is 5.28 Å². The average Bonchev–Trinajstić information content (AvgIpc) is 2.99. The normalized spacial score (nSPS) is 18.1. The van der Waals surface area contributed by atoms with E-state index in [-0.39, 0.29) is 5.48 Å². The van der Waals surface area contributed by atoms with Crippen LogP contribution in [0.2, 0.25) is 5.28 Å². The molecule has 1 saturated heterocycles. The summed E-state index contributed by atoms with van der Waals surface area (Å²) in [6, 6.07) is 8.49. The van der Waals surface area contributed by atoms with Crippen LogP contribution < -0.4 is 15.2 Å². The molecule has 0 radical (unpaired) electrons. The van der Waals surface area contributed by atoms with Crippen molar-refractivity contribution in [2.45, 2.75) is 12.5 Å². The third-order valence-corrected chi connectivity index (χ3v) is 4.23. The summed E-state index contributed by atoms with van der Waals surface area (Å²) < 4.78 is 4.09. The zero-order valence-electron chi connectivity index (χ0n) is 11.5. The van der Waals surface area contributed by atoms with E-state index in [9.17, 15) is 0 Å². The molecule has 1 aliphatic rings. The zero-order valence-corrected chi connectivity index (χ0v) is 12.2. The molecule has 5 nitrogen and oxygen atoms in total. The van der Waals surface area contributed by atoms with Crippen LogP contribution in [0.15, 0.2) is 36.7 Å². The first-order chi connectivity index (χ1) is 9.15. The Balaban J connectivity index is 0.00000147. The molecule has 1 aromatic carbocycles. The molecule has 0 unspecified atom stereocenters. The smallest absolute Gasteiger partial charge is 0.354 e. The fourth-order valence-electron chi connectivity index (χ4n) is 2.64. The van der Waals surface area contributed by atoms with Crippen molar-refractivity contribution in [3.63, 3.8) is 0 Å². The predicted molar refractivity (Wildman–Crippen MR) is 81.0 cm³/mol. The van der Waals surface area contributed by atoms with Gasteiger partial charge in [0.25, 0.3) is 0 Å². The maximum atomic E-state index is 6.29. The number of benzene rings is 1. The van der Waals surface area contributed by atoms with Crippen LogP contribution in [0.3, 0.4) is 0 Å². The number of nitrogens with zero attached hydrogens (tertiary/aromatic N) is 3. The quantitative estimate of drug-likeness (QED) is 0.667.